The van der Waals surface area contributed by atoms with Crippen molar-refractivity contribution in [3.05, 3.63) is 0 Å². The molecule has 0 aromatic carbocycles. The summed E-state index contributed by atoms with van der Waals surface area (Å²) in [5.41, 5.74) is 11.2. The van der Waals surface area contributed by atoms with E-state index in [0.29, 0.717) is 38.6 Å². The fraction of sp³-hybridized carbons (Fsp3) is 0.737. The molecule has 0 bridgehead atoms. The number of carbonyl (C=O) groups excluding carboxylic acids is 3. The van der Waals surface area contributed by atoms with Gasteiger partial charge in [-0.05, 0) is 45.6 Å². The zero-order valence-corrected chi connectivity index (χ0v) is 17.7. The second-order valence-electron chi connectivity index (χ2n) is 7.64. The van der Waals surface area contributed by atoms with E-state index < -0.39 is 53.8 Å². The highest BCUT2D eigenvalue weighted by atomic mass is 16.4. The summed E-state index contributed by atoms with van der Waals surface area (Å²) in [5.74, 6) is -4.16. The first-order valence-corrected chi connectivity index (χ1v) is 10.4. The molecule has 12 nitrogen and oxygen atoms in total. The summed E-state index contributed by atoms with van der Waals surface area (Å²) in [6.45, 7) is 2.14. The second-order valence-corrected chi connectivity index (χ2v) is 7.64. The smallest absolute Gasteiger partial charge is 0.326 e. The van der Waals surface area contributed by atoms with Gasteiger partial charge in [-0.25, -0.2) is 4.79 Å². The largest absolute Gasteiger partial charge is 0.481 e. The number of carboxylic acids is 2. The van der Waals surface area contributed by atoms with Crippen molar-refractivity contribution >= 4 is 29.7 Å². The average Bonchev–Trinajstić information content (AvgIpc) is 3.20. The molecular formula is C19H33N5O7. The third kappa shape index (κ3) is 8.50. The van der Waals surface area contributed by atoms with Crippen molar-refractivity contribution in [3.8, 4) is 0 Å². The van der Waals surface area contributed by atoms with Crippen LogP contribution in [-0.4, -0.2) is 82.0 Å². The predicted molar refractivity (Wildman–Crippen MR) is 110 cm³/mol. The van der Waals surface area contributed by atoms with Gasteiger partial charge in [0.25, 0.3) is 0 Å². The molecule has 176 valence electrons. The van der Waals surface area contributed by atoms with Crippen LogP contribution in [0, 0.1) is 0 Å². The van der Waals surface area contributed by atoms with Crippen LogP contribution in [0.4, 0.5) is 0 Å². The molecule has 8 N–H and O–H groups in total. The van der Waals surface area contributed by atoms with Crippen molar-refractivity contribution in [2.24, 2.45) is 11.5 Å². The number of unbranched alkanes of at least 4 members (excludes halogenated alkanes) is 1. The summed E-state index contributed by atoms with van der Waals surface area (Å²) in [7, 11) is 0. The zero-order chi connectivity index (χ0) is 23.6. The number of aliphatic carboxylic acids is 2. The number of hydrogen-bond acceptors (Lipinski definition) is 7. The minimum atomic E-state index is -1.20. The number of carboxylic acid groups (broad SMARTS) is 2. The highest BCUT2D eigenvalue weighted by Crippen LogP contribution is 2.18. The average molecular weight is 444 g/mol. The quantitative estimate of drug-likeness (QED) is 0.180. The third-order valence-electron chi connectivity index (χ3n) is 5.14. The van der Waals surface area contributed by atoms with Crippen LogP contribution in [0.25, 0.3) is 0 Å². The Balaban J connectivity index is 2.75. The summed E-state index contributed by atoms with van der Waals surface area (Å²) in [4.78, 5) is 61.0. The van der Waals surface area contributed by atoms with Gasteiger partial charge in [-0.3, -0.25) is 19.2 Å². The zero-order valence-electron chi connectivity index (χ0n) is 17.7. The van der Waals surface area contributed by atoms with Crippen molar-refractivity contribution in [1.82, 2.24) is 15.5 Å². The Bertz CT molecular complexity index is 672. The fourth-order valence-corrected chi connectivity index (χ4v) is 3.37. The van der Waals surface area contributed by atoms with E-state index in [9.17, 15) is 29.1 Å². The van der Waals surface area contributed by atoms with Gasteiger partial charge in [-0.2, -0.15) is 0 Å². The molecule has 0 aromatic rings. The van der Waals surface area contributed by atoms with Gasteiger partial charge >= 0.3 is 11.9 Å². The fourth-order valence-electron chi connectivity index (χ4n) is 3.37. The van der Waals surface area contributed by atoms with Crippen LogP contribution in [0.15, 0.2) is 0 Å². The summed E-state index contributed by atoms with van der Waals surface area (Å²) < 4.78 is 0. The Hall–Kier alpha value is -2.73. The maximum Gasteiger partial charge on any atom is 0.326 e. The molecule has 0 spiro atoms. The Morgan fingerprint density at radius 3 is 2.32 bits per heavy atom. The van der Waals surface area contributed by atoms with E-state index in [1.54, 1.807) is 0 Å². The Kier molecular flexibility index (Phi) is 10.9. The summed E-state index contributed by atoms with van der Waals surface area (Å²) in [6, 6.07) is -4.07. The highest BCUT2D eigenvalue weighted by Gasteiger charge is 2.37. The van der Waals surface area contributed by atoms with Crippen molar-refractivity contribution in [2.75, 3.05) is 13.1 Å². The standard InChI is InChI=1S/C19H33N5O7/c1-11(18(29)24-10-4-6-14(24)19(30)31)22-17(28)13(7-8-15(25)26)23-16(27)12(21)5-2-3-9-20/h11-14H,2-10,20-21H2,1H3,(H,22,28)(H,23,27)(H,25,26)(H,30,31). The number of amides is 3. The highest BCUT2D eigenvalue weighted by molar-refractivity contribution is 5.94. The molecule has 0 aliphatic carbocycles. The van der Waals surface area contributed by atoms with Crippen LogP contribution in [0.5, 0.6) is 0 Å². The summed E-state index contributed by atoms with van der Waals surface area (Å²) in [5, 5.41) is 23.1. The topological polar surface area (TPSA) is 205 Å². The number of rotatable bonds is 13. The predicted octanol–water partition coefficient (Wildman–Crippen LogP) is -1.63. The Labute approximate surface area is 180 Å². The molecule has 0 radical (unpaired) electrons. The molecule has 1 rings (SSSR count). The number of nitrogens with zero attached hydrogens (tertiary/aromatic N) is 1. The number of carbonyl (C=O) groups is 5. The van der Waals surface area contributed by atoms with Gasteiger partial charge in [0.05, 0.1) is 6.04 Å². The minimum Gasteiger partial charge on any atom is -0.481 e. The third-order valence-corrected chi connectivity index (χ3v) is 5.14. The molecule has 0 aromatic heterocycles. The number of hydrogen-bond donors (Lipinski definition) is 6. The van der Waals surface area contributed by atoms with E-state index in [4.69, 9.17) is 16.6 Å². The molecule has 1 heterocycles. The minimum absolute atomic E-state index is 0.190. The number of nitrogens with two attached hydrogens (primary N) is 2. The van der Waals surface area contributed by atoms with E-state index in [2.05, 4.69) is 10.6 Å². The second kappa shape index (κ2) is 12.8. The SMILES string of the molecule is CC(NC(=O)C(CCC(=O)O)NC(=O)C(N)CCCCN)C(=O)N1CCCC1C(=O)O. The lowest BCUT2D eigenvalue weighted by Crippen LogP contribution is -2.56. The van der Waals surface area contributed by atoms with E-state index in [-0.39, 0.29) is 19.4 Å². The maximum absolute atomic E-state index is 12.7. The lowest BCUT2D eigenvalue weighted by atomic mass is 10.1. The van der Waals surface area contributed by atoms with Gasteiger partial charge in [-0.1, -0.05) is 6.42 Å². The van der Waals surface area contributed by atoms with Gasteiger partial charge in [0.1, 0.15) is 18.1 Å². The molecule has 1 fully saturated rings. The molecule has 0 saturated carbocycles. The first kappa shape index (κ1) is 26.3. The molecule has 4 atom stereocenters. The van der Waals surface area contributed by atoms with Crippen molar-refractivity contribution in [1.29, 1.82) is 0 Å². The van der Waals surface area contributed by atoms with Gasteiger partial charge in [0.2, 0.25) is 17.7 Å². The van der Waals surface area contributed by atoms with E-state index >= 15 is 0 Å². The van der Waals surface area contributed by atoms with E-state index in [1.807, 2.05) is 0 Å². The lowest BCUT2D eigenvalue weighted by molar-refractivity contribution is -0.149. The molecule has 12 heteroatoms. The molecule has 1 aliphatic rings. The molecule has 4 unspecified atom stereocenters. The maximum atomic E-state index is 12.7. The van der Waals surface area contributed by atoms with Crippen LogP contribution in [0.3, 0.4) is 0 Å². The van der Waals surface area contributed by atoms with Crippen LogP contribution < -0.4 is 22.1 Å². The van der Waals surface area contributed by atoms with E-state index in [0.717, 1.165) is 0 Å². The van der Waals surface area contributed by atoms with Crippen LogP contribution >= 0.6 is 0 Å². The summed E-state index contributed by atoms with van der Waals surface area (Å²) in [6.07, 6.45) is 1.99. The molecular weight excluding hydrogens is 410 g/mol. The lowest BCUT2D eigenvalue weighted by Gasteiger charge is -2.27. The first-order chi connectivity index (χ1) is 14.6. The van der Waals surface area contributed by atoms with Crippen molar-refractivity contribution in [2.45, 2.75) is 76.0 Å². The van der Waals surface area contributed by atoms with Gasteiger partial charge in [0, 0.05) is 13.0 Å². The molecule has 1 saturated heterocycles. The van der Waals surface area contributed by atoms with Gasteiger partial charge in [0.15, 0.2) is 0 Å². The van der Waals surface area contributed by atoms with Crippen molar-refractivity contribution < 1.29 is 34.2 Å². The van der Waals surface area contributed by atoms with Crippen LogP contribution in [0.1, 0.15) is 51.9 Å². The monoisotopic (exact) mass is 443 g/mol. The van der Waals surface area contributed by atoms with Gasteiger partial charge < -0.3 is 37.2 Å². The summed E-state index contributed by atoms with van der Waals surface area (Å²) >= 11 is 0. The number of likely N-dealkylation sites (tertiary alicyclic amines) is 1. The molecule has 3 amide bonds. The van der Waals surface area contributed by atoms with Crippen molar-refractivity contribution in [3.63, 3.8) is 0 Å². The normalized spacial score (nSPS) is 18.7. The Morgan fingerprint density at radius 1 is 1.06 bits per heavy atom. The molecule has 31 heavy (non-hydrogen) atoms. The first-order valence-electron chi connectivity index (χ1n) is 10.4. The number of nitrogens with one attached hydrogen (secondary N) is 2. The van der Waals surface area contributed by atoms with Gasteiger partial charge in [-0.15, -0.1) is 0 Å². The van der Waals surface area contributed by atoms with Crippen LogP contribution in [-0.2, 0) is 24.0 Å². The van der Waals surface area contributed by atoms with E-state index in [1.165, 1.54) is 11.8 Å². The van der Waals surface area contributed by atoms with Crippen LogP contribution in [0.2, 0.25) is 0 Å². The Morgan fingerprint density at radius 2 is 1.74 bits per heavy atom. The molecule has 1 aliphatic heterocycles.